The van der Waals surface area contributed by atoms with Gasteiger partial charge in [-0.2, -0.15) is 4.57 Å². The fourth-order valence-electron chi connectivity index (χ4n) is 3.68. The van der Waals surface area contributed by atoms with Crippen LogP contribution in [0, 0.1) is 0 Å². The fraction of sp³-hybridized carbons (Fsp3) is 0.333. The Hall–Kier alpha value is -2.73. The van der Waals surface area contributed by atoms with Crippen molar-refractivity contribution in [3.63, 3.8) is 0 Å². The van der Waals surface area contributed by atoms with Crippen LogP contribution in [0.25, 0.3) is 23.3 Å². The van der Waals surface area contributed by atoms with Gasteiger partial charge in [0, 0.05) is 31.1 Å². The van der Waals surface area contributed by atoms with Gasteiger partial charge in [0.05, 0.1) is 20.2 Å². The van der Waals surface area contributed by atoms with E-state index in [2.05, 4.69) is 76.5 Å². The van der Waals surface area contributed by atoms with Gasteiger partial charge in [-0.15, -0.1) is 0 Å². The maximum atomic E-state index is 5.94. The van der Waals surface area contributed by atoms with Crippen LogP contribution in [0.1, 0.15) is 11.5 Å². The monoisotopic (exact) mass is 422 g/mol. The van der Waals surface area contributed by atoms with Crippen molar-refractivity contribution in [2.24, 2.45) is 7.05 Å². The third kappa shape index (κ3) is 4.38. The van der Waals surface area contributed by atoms with Gasteiger partial charge in [-0.1, -0.05) is 24.3 Å². The molecule has 0 atom stereocenters. The molecule has 0 saturated carbocycles. The highest BCUT2D eigenvalue weighted by Crippen LogP contribution is 2.18. The molecule has 0 bridgehead atoms. The van der Waals surface area contributed by atoms with Gasteiger partial charge in [-0.3, -0.25) is 9.48 Å². The fourth-order valence-corrected chi connectivity index (χ4v) is 4.85. The summed E-state index contributed by atoms with van der Waals surface area (Å²) in [6.07, 6.45) is 4.13. The summed E-state index contributed by atoms with van der Waals surface area (Å²) < 4.78 is 10.4. The van der Waals surface area contributed by atoms with Gasteiger partial charge in [0.25, 0.3) is 5.52 Å². The first-order chi connectivity index (χ1) is 14.5. The number of thioether (sulfide) groups is 1. The van der Waals surface area contributed by atoms with Gasteiger partial charge in [0.2, 0.25) is 5.58 Å². The summed E-state index contributed by atoms with van der Waals surface area (Å²) in [6.45, 7) is 3.26. The molecule has 0 N–H and O–H groups in total. The number of benzene rings is 2. The van der Waals surface area contributed by atoms with E-state index in [4.69, 9.17) is 4.42 Å². The van der Waals surface area contributed by atoms with Crippen molar-refractivity contribution >= 4 is 45.9 Å². The summed E-state index contributed by atoms with van der Waals surface area (Å²) in [5.41, 5.74) is 4.40. The van der Waals surface area contributed by atoms with E-state index in [0.29, 0.717) is 0 Å². The second-order valence-corrected chi connectivity index (χ2v) is 8.85. The Kier molecular flexibility index (Phi) is 6.13. The van der Waals surface area contributed by atoms with Crippen LogP contribution in [0.5, 0.6) is 0 Å². The molecule has 30 heavy (non-hydrogen) atoms. The molecular weight excluding hydrogens is 392 g/mol. The third-order valence-corrected chi connectivity index (χ3v) is 6.87. The van der Waals surface area contributed by atoms with Crippen molar-refractivity contribution in [1.29, 1.82) is 0 Å². The Morgan fingerprint density at radius 3 is 2.57 bits per heavy atom. The van der Waals surface area contributed by atoms with E-state index in [0.717, 1.165) is 47.9 Å². The molecule has 0 radical (unpaired) electrons. The molecule has 0 aliphatic carbocycles. The molecular formula is C24H30N4OS+2. The zero-order chi connectivity index (χ0) is 21.1. The summed E-state index contributed by atoms with van der Waals surface area (Å²) in [7, 11) is 8.54. The highest BCUT2D eigenvalue weighted by molar-refractivity contribution is 8.13. The number of aromatic nitrogens is 1. The summed E-state index contributed by atoms with van der Waals surface area (Å²) in [4.78, 5) is 4.66. The maximum Gasteiger partial charge on any atom is 0.373 e. The predicted octanol–water partition coefficient (Wildman–Crippen LogP) is 3.54. The van der Waals surface area contributed by atoms with Crippen LogP contribution >= 0.6 is 11.8 Å². The number of likely N-dealkylation sites (N-methyl/N-ethyl adjacent to an activating group) is 2. The normalized spacial score (nSPS) is 14.5. The largest absolute Gasteiger partial charge is 0.398 e. The van der Waals surface area contributed by atoms with Gasteiger partial charge in [0.1, 0.15) is 20.1 Å². The summed E-state index contributed by atoms with van der Waals surface area (Å²) in [6, 6.07) is 16.8. The molecule has 0 unspecified atom stereocenters. The van der Waals surface area contributed by atoms with E-state index in [1.807, 2.05) is 43.1 Å². The Labute approximate surface area is 182 Å². The molecule has 1 aliphatic rings. The topological polar surface area (TPSA) is 26.5 Å². The minimum Gasteiger partial charge on any atom is -0.398 e. The van der Waals surface area contributed by atoms with Gasteiger partial charge < -0.3 is 9.32 Å². The minimum atomic E-state index is 0.841. The van der Waals surface area contributed by atoms with Crippen LogP contribution < -0.4 is 9.47 Å². The molecule has 0 fully saturated rings. The van der Waals surface area contributed by atoms with Gasteiger partial charge >= 0.3 is 11.1 Å². The first-order valence-corrected chi connectivity index (χ1v) is 11.3. The number of fused-ring (bicyclic) bond motifs is 1. The number of hydrogen-bond acceptors (Lipinski definition) is 4. The van der Waals surface area contributed by atoms with Crippen LogP contribution in [0.4, 0.5) is 5.69 Å². The summed E-state index contributed by atoms with van der Waals surface area (Å²) in [5, 5.41) is 1.38. The molecule has 4 rings (SSSR count). The molecule has 6 heteroatoms. The second-order valence-electron chi connectivity index (χ2n) is 7.79. The third-order valence-electron chi connectivity index (χ3n) is 5.61. The molecule has 0 spiro atoms. The molecule has 0 amide bonds. The highest BCUT2D eigenvalue weighted by Gasteiger charge is 2.24. The summed E-state index contributed by atoms with van der Waals surface area (Å²) in [5.74, 6) is 1.92. The Morgan fingerprint density at radius 2 is 1.87 bits per heavy atom. The Morgan fingerprint density at radius 1 is 1.10 bits per heavy atom. The average Bonchev–Trinajstić information content (AvgIpc) is 3.26. The van der Waals surface area contributed by atoms with Crippen LogP contribution in [0.2, 0.25) is 0 Å². The SMILES string of the molecule is CN1CC[N+](C)=C1SCCN(C)c1ccc(/C=C/c2oc3ccccc3[n+]2C)cc1. The average molecular weight is 423 g/mol. The number of nitrogens with zero attached hydrogens (tertiary/aromatic N) is 4. The molecule has 5 nitrogen and oxygen atoms in total. The summed E-state index contributed by atoms with van der Waals surface area (Å²) >= 11 is 1.94. The molecule has 2 aromatic carbocycles. The van der Waals surface area contributed by atoms with E-state index in [-0.39, 0.29) is 0 Å². The minimum absolute atomic E-state index is 0.841. The Bertz CT molecular complexity index is 1080. The lowest BCUT2D eigenvalue weighted by atomic mass is 10.2. The molecule has 1 aromatic heterocycles. The Balaban J connectivity index is 1.35. The van der Waals surface area contributed by atoms with E-state index in [9.17, 15) is 0 Å². The van der Waals surface area contributed by atoms with Crippen LogP contribution in [0.15, 0.2) is 52.9 Å². The maximum absolute atomic E-state index is 5.94. The van der Waals surface area contributed by atoms with Crippen molar-refractivity contribution in [1.82, 2.24) is 4.90 Å². The van der Waals surface area contributed by atoms with E-state index >= 15 is 0 Å². The van der Waals surface area contributed by atoms with Crippen LogP contribution in [-0.4, -0.2) is 61.2 Å². The smallest absolute Gasteiger partial charge is 0.373 e. The van der Waals surface area contributed by atoms with Crippen molar-refractivity contribution in [2.45, 2.75) is 0 Å². The van der Waals surface area contributed by atoms with Crippen molar-refractivity contribution in [3.8, 4) is 0 Å². The van der Waals surface area contributed by atoms with Gasteiger partial charge in [0.15, 0.2) is 0 Å². The van der Waals surface area contributed by atoms with Crippen LogP contribution in [0.3, 0.4) is 0 Å². The standard InChI is InChI=1S/C24H30N4OS/c1-25(17-18-30-24-26(2)15-16-27(24)3)20-12-9-19(10-13-20)11-14-23-28(4)21-7-5-6-8-22(21)29-23/h5-14H,15-18H2,1-4H3/q+2. The highest BCUT2D eigenvalue weighted by atomic mass is 32.2. The van der Waals surface area contributed by atoms with E-state index in [1.165, 1.54) is 10.9 Å². The number of oxazole rings is 1. The zero-order valence-corrected chi connectivity index (χ0v) is 19.0. The van der Waals surface area contributed by atoms with Crippen molar-refractivity contribution in [3.05, 3.63) is 60.0 Å². The van der Waals surface area contributed by atoms with Crippen molar-refractivity contribution in [2.75, 3.05) is 51.4 Å². The van der Waals surface area contributed by atoms with Gasteiger partial charge in [-0.25, -0.2) is 0 Å². The number of para-hydroxylation sites is 2. The molecule has 156 valence electrons. The first-order valence-electron chi connectivity index (χ1n) is 10.3. The second kappa shape index (κ2) is 8.96. The molecule has 2 heterocycles. The quantitative estimate of drug-likeness (QED) is 0.568. The zero-order valence-electron chi connectivity index (χ0n) is 18.2. The van der Waals surface area contributed by atoms with Gasteiger partial charge in [-0.05, 0) is 41.6 Å². The molecule has 1 aliphatic heterocycles. The van der Waals surface area contributed by atoms with Crippen molar-refractivity contribution < 1.29 is 13.6 Å². The first kappa shape index (κ1) is 20.5. The number of amidine groups is 1. The lowest BCUT2D eigenvalue weighted by Crippen LogP contribution is -2.29. The molecule has 0 saturated heterocycles. The van der Waals surface area contributed by atoms with E-state index in [1.54, 1.807) is 0 Å². The molecule has 3 aromatic rings. The number of anilines is 1. The number of rotatable bonds is 6. The number of aryl methyl sites for hydroxylation is 1. The van der Waals surface area contributed by atoms with E-state index < -0.39 is 0 Å². The number of hydrogen-bond donors (Lipinski definition) is 0. The van der Waals surface area contributed by atoms with Crippen LogP contribution in [-0.2, 0) is 7.05 Å². The lowest BCUT2D eigenvalue weighted by molar-refractivity contribution is -0.651. The lowest BCUT2D eigenvalue weighted by Gasteiger charge is -2.19. The predicted molar refractivity (Wildman–Crippen MR) is 127 cm³/mol.